The molecular formula is C19H38IN5OS. The highest BCUT2D eigenvalue weighted by atomic mass is 127. The summed E-state index contributed by atoms with van der Waals surface area (Å²) < 4.78 is 5.57. The molecule has 3 fully saturated rings. The van der Waals surface area contributed by atoms with E-state index in [0.717, 1.165) is 38.8 Å². The minimum Gasteiger partial charge on any atom is -0.379 e. The lowest BCUT2D eigenvalue weighted by Gasteiger charge is -2.43. The van der Waals surface area contributed by atoms with E-state index >= 15 is 0 Å². The van der Waals surface area contributed by atoms with Gasteiger partial charge in [0.1, 0.15) is 0 Å². The quantitative estimate of drug-likeness (QED) is 0.323. The van der Waals surface area contributed by atoms with Crippen LogP contribution in [-0.2, 0) is 4.74 Å². The first-order valence-electron chi connectivity index (χ1n) is 10.4. The SMILES string of the molecule is CCCN1CCC(NC(=NC)NCC2(N3CCOCC3)CCSC2)CC1.I. The molecule has 0 aromatic heterocycles. The van der Waals surface area contributed by atoms with Crippen molar-refractivity contribution in [1.82, 2.24) is 20.4 Å². The lowest BCUT2D eigenvalue weighted by Crippen LogP contribution is -2.60. The van der Waals surface area contributed by atoms with Crippen LogP contribution in [0, 0.1) is 0 Å². The number of morpholine rings is 1. The molecule has 0 aliphatic carbocycles. The molecule has 1 atom stereocenters. The summed E-state index contributed by atoms with van der Waals surface area (Å²) in [7, 11) is 1.90. The van der Waals surface area contributed by atoms with Crippen LogP contribution >= 0.6 is 35.7 Å². The first-order valence-corrected chi connectivity index (χ1v) is 11.5. The van der Waals surface area contributed by atoms with Crippen LogP contribution < -0.4 is 10.6 Å². The summed E-state index contributed by atoms with van der Waals surface area (Å²) in [6, 6.07) is 0.548. The average molecular weight is 512 g/mol. The highest BCUT2D eigenvalue weighted by Gasteiger charge is 2.40. The smallest absolute Gasteiger partial charge is 0.191 e. The molecule has 0 aromatic rings. The number of guanidine groups is 1. The Bertz CT molecular complexity index is 447. The number of thioether (sulfide) groups is 1. The Labute approximate surface area is 186 Å². The molecule has 6 nitrogen and oxygen atoms in total. The van der Waals surface area contributed by atoms with Gasteiger partial charge in [-0.1, -0.05) is 6.92 Å². The van der Waals surface area contributed by atoms with Crippen molar-refractivity contribution in [3.8, 4) is 0 Å². The van der Waals surface area contributed by atoms with Gasteiger partial charge in [-0.25, -0.2) is 0 Å². The summed E-state index contributed by atoms with van der Waals surface area (Å²) in [6.07, 6.45) is 4.94. The van der Waals surface area contributed by atoms with Gasteiger partial charge in [-0.15, -0.1) is 24.0 Å². The highest BCUT2D eigenvalue weighted by molar-refractivity contribution is 14.0. The van der Waals surface area contributed by atoms with Crippen molar-refractivity contribution in [2.24, 2.45) is 4.99 Å². The van der Waals surface area contributed by atoms with Crippen LogP contribution in [0.25, 0.3) is 0 Å². The average Bonchev–Trinajstić information content (AvgIpc) is 3.17. The summed E-state index contributed by atoms with van der Waals surface area (Å²) >= 11 is 2.09. The number of nitrogens with one attached hydrogen (secondary N) is 2. The molecular weight excluding hydrogens is 473 g/mol. The molecule has 3 saturated heterocycles. The van der Waals surface area contributed by atoms with E-state index in [2.05, 4.69) is 44.1 Å². The van der Waals surface area contributed by atoms with E-state index in [1.807, 2.05) is 7.05 Å². The fraction of sp³-hybridized carbons (Fsp3) is 0.947. The molecule has 0 radical (unpaired) electrons. The number of piperidine rings is 1. The second-order valence-corrected chi connectivity index (χ2v) is 8.92. The summed E-state index contributed by atoms with van der Waals surface area (Å²) in [4.78, 5) is 9.74. The molecule has 0 bridgehead atoms. The van der Waals surface area contributed by atoms with E-state index in [1.165, 1.54) is 56.8 Å². The molecule has 3 heterocycles. The minimum atomic E-state index is 0. The van der Waals surface area contributed by atoms with Crippen molar-refractivity contribution >= 4 is 41.7 Å². The third kappa shape index (κ3) is 6.62. The van der Waals surface area contributed by atoms with Crippen LogP contribution in [0.1, 0.15) is 32.6 Å². The van der Waals surface area contributed by atoms with Crippen molar-refractivity contribution in [3.05, 3.63) is 0 Å². The number of aliphatic imine (C=N–C) groups is 1. The third-order valence-electron chi connectivity index (χ3n) is 6.04. The molecule has 3 aliphatic rings. The molecule has 0 saturated carbocycles. The van der Waals surface area contributed by atoms with Crippen molar-refractivity contribution in [2.45, 2.75) is 44.2 Å². The third-order valence-corrected chi connectivity index (χ3v) is 7.28. The van der Waals surface area contributed by atoms with E-state index in [9.17, 15) is 0 Å². The molecule has 8 heteroatoms. The van der Waals surface area contributed by atoms with Crippen molar-refractivity contribution in [2.75, 3.05) is 71.0 Å². The van der Waals surface area contributed by atoms with Crippen LogP contribution in [0.2, 0.25) is 0 Å². The maximum Gasteiger partial charge on any atom is 0.191 e. The van der Waals surface area contributed by atoms with Crippen molar-refractivity contribution < 1.29 is 4.74 Å². The lowest BCUT2D eigenvalue weighted by atomic mass is 9.95. The number of likely N-dealkylation sites (tertiary alicyclic amines) is 1. The van der Waals surface area contributed by atoms with E-state index < -0.39 is 0 Å². The topological polar surface area (TPSA) is 52.1 Å². The van der Waals surface area contributed by atoms with Gasteiger partial charge in [-0.05, 0) is 38.0 Å². The second-order valence-electron chi connectivity index (χ2n) is 7.81. The fourth-order valence-corrected chi connectivity index (χ4v) is 5.87. The number of nitrogens with zero attached hydrogens (tertiary/aromatic N) is 3. The predicted octanol–water partition coefficient (Wildman–Crippen LogP) is 1.85. The monoisotopic (exact) mass is 511 g/mol. The predicted molar refractivity (Wildman–Crippen MR) is 127 cm³/mol. The van der Waals surface area contributed by atoms with E-state index in [4.69, 9.17) is 4.74 Å². The first kappa shape index (κ1) is 23.5. The van der Waals surface area contributed by atoms with Gasteiger partial charge in [0.25, 0.3) is 0 Å². The van der Waals surface area contributed by atoms with Gasteiger partial charge >= 0.3 is 0 Å². The molecule has 0 aromatic carbocycles. The van der Waals surface area contributed by atoms with Crippen molar-refractivity contribution in [3.63, 3.8) is 0 Å². The molecule has 27 heavy (non-hydrogen) atoms. The maximum atomic E-state index is 5.57. The van der Waals surface area contributed by atoms with Gasteiger partial charge in [-0.3, -0.25) is 9.89 Å². The van der Waals surface area contributed by atoms with Crippen LogP contribution in [0.3, 0.4) is 0 Å². The molecule has 1 unspecified atom stereocenters. The second kappa shape index (κ2) is 12.0. The van der Waals surface area contributed by atoms with Gasteiger partial charge in [-0.2, -0.15) is 11.8 Å². The summed E-state index contributed by atoms with van der Waals surface area (Å²) in [6.45, 7) is 10.8. The Morgan fingerprint density at radius 3 is 2.56 bits per heavy atom. The molecule has 2 N–H and O–H groups in total. The van der Waals surface area contributed by atoms with Crippen LogP contribution in [0.15, 0.2) is 4.99 Å². The summed E-state index contributed by atoms with van der Waals surface area (Å²) in [5.74, 6) is 3.45. The lowest BCUT2D eigenvalue weighted by molar-refractivity contribution is -0.0120. The number of ether oxygens (including phenoxy) is 1. The van der Waals surface area contributed by atoms with Crippen LogP contribution in [-0.4, -0.2) is 98.4 Å². The maximum absolute atomic E-state index is 5.57. The molecule has 158 valence electrons. The van der Waals surface area contributed by atoms with E-state index in [0.29, 0.717) is 6.04 Å². The molecule has 3 rings (SSSR count). The number of hydrogen-bond donors (Lipinski definition) is 2. The van der Waals surface area contributed by atoms with Gasteiger partial charge in [0.05, 0.1) is 13.2 Å². The fourth-order valence-electron chi connectivity index (χ4n) is 4.39. The Morgan fingerprint density at radius 1 is 1.22 bits per heavy atom. The van der Waals surface area contributed by atoms with Gasteiger partial charge in [0.15, 0.2) is 5.96 Å². The first-order chi connectivity index (χ1) is 12.8. The van der Waals surface area contributed by atoms with Crippen LogP contribution in [0.4, 0.5) is 0 Å². The largest absolute Gasteiger partial charge is 0.379 e. The Kier molecular flexibility index (Phi) is 10.5. The van der Waals surface area contributed by atoms with E-state index in [1.54, 1.807) is 0 Å². The number of halogens is 1. The summed E-state index contributed by atoms with van der Waals surface area (Å²) in [5.41, 5.74) is 0.260. The van der Waals surface area contributed by atoms with Gasteiger partial charge < -0.3 is 20.3 Å². The molecule has 0 spiro atoms. The Morgan fingerprint density at radius 2 is 1.96 bits per heavy atom. The van der Waals surface area contributed by atoms with Gasteiger partial charge in [0.2, 0.25) is 0 Å². The molecule has 0 amide bonds. The van der Waals surface area contributed by atoms with E-state index in [-0.39, 0.29) is 29.5 Å². The zero-order chi connectivity index (χ0) is 18.2. The molecule has 3 aliphatic heterocycles. The van der Waals surface area contributed by atoms with Crippen molar-refractivity contribution in [1.29, 1.82) is 0 Å². The summed E-state index contributed by atoms with van der Waals surface area (Å²) in [5, 5.41) is 7.34. The number of hydrogen-bond acceptors (Lipinski definition) is 5. The van der Waals surface area contributed by atoms with Gasteiger partial charge in [0, 0.05) is 57.1 Å². The normalized spacial score (nSPS) is 28.7. The Hall–Kier alpha value is 0.230. The van der Waals surface area contributed by atoms with Crippen LogP contribution in [0.5, 0.6) is 0 Å². The minimum absolute atomic E-state index is 0. The zero-order valence-electron chi connectivity index (χ0n) is 17.0. The highest BCUT2D eigenvalue weighted by Crippen LogP contribution is 2.33. The zero-order valence-corrected chi connectivity index (χ0v) is 20.2. The number of rotatable bonds is 6. The Balaban J connectivity index is 0.00000261. The standard InChI is InChI=1S/C19H37N5OS.HI/c1-3-7-23-8-4-17(5-9-23)22-18(20-2)21-15-19(6-14-26-16-19)24-10-12-25-13-11-24;/h17H,3-16H2,1-2H3,(H2,20,21,22);1H.